The Bertz CT molecular complexity index is 332. The van der Waals surface area contributed by atoms with Gasteiger partial charge in [-0.05, 0) is 48.3 Å². The smallest absolute Gasteiger partial charge is 0.107 e. The molecule has 1 N–H and O–H groups in total. The highest BCUT2D eigenvalue weighted by Crippen LogP contribution is 2.37. The summed E-state index contributed by atoms with van der Waals surface area (Å²) in [5.74, 6) is 0. The summed E-state index contributed by atoms with van der Waals surface area (Å²) in [6.45, 7) is 0.913. The van der Waals surface area contributed by atoms with Crippen molar-refractivity contribution in [2.45, 2.75) is 31.4 Å². The molecule has 1 saturated heterocycles. The van der Waals surface area contributed by atoms with Crippen molar-refractivity contribution in [3.63, 3.8) is 0 Å². The summed E-state index contributed by atoms with van der Waals surface area (Å²) < 4.78 is 7.47. The molecule has 1 aliphatic heterocycles. The Morgan fingerprint density at radius 1 is 1.75 bits per heavy atom. The second-order valence-electron chi connectivity index (χ2n) is 3.98. The van der Waals surface area contributed by atoms with E-state index in [1.54, 1.807) is 11.3 Å². The highest BCUT2D eigenvalue weighted by molar-refractivity contribution is 9.10. The van der Waals surface area contributed by atoms with Crippen molar-refractivity contribution in [1.82, 2.24) is 5.32 Å². The average molecular weight is 325 g/mol. The van der Waals surface area contributed by atoms with E-state index < -0.39 is 0 Å². The number of nitrogens with one attached hydrogen (secondary N) is 1. The van der Waals surface area contributed by atoms with Crippen LogP contribution in [0, 0.1) is 0 Å². The van der Waals surface area contributed by atoms with Gasteiger partial charge < -0.3 is 10.1 Å². The van der Waals surface area contributed by atoms with Gasteiger partial charge in [0, 0.05) is 22.0 Å². The Morgan fingerprint density at radius 2 is 2.56 bits per heavy atom. The van der Waals surface area contributed by atoms with Gasteiger partial charge in [0.15, 0.2) is 0 Å². The monoisotopic (exact) mass is 323 g/mol. The van der Waals surface area contributed by atoms with Gasteiger partial charge in [-0.25, -0.2) is 0 Å². The van der Waals surface area contributed by atoms with Crippen LogP contribution in [-0.4, -0.2) is 19.8 Å². The van der Waals surface area contributed by atoms with Crippen LogP contribution in [0.15, 0.2) is 10.5 Å². The van der Waals surface area contributed by atoms with Crippen LogP contribution in [0.3, 0.4) is 0 Å². The molecule has 0 saturated carbocycles. The summed E-state index contributed by atoms with van der Waals surface area (Å²) in [4.78, 5) is 1.27. The van der Waals surface area contributed by atoms with E-state index in [9.17, 15) is 0 Å². The molecule has 1 fully saturated rings. The number of rotatable bonds is 4. The SMILES string of the molecule is CNC(CC1CCCO1)c1cc(Br)c(Cl)s1. The standard InChI is InChI=1S/C11H15BrClNOS/c1-14-9(5-7-3-2-4-15-7)10-6-8(12)11(13)16-10/h6-7,9,14H,2-5H2,1H3. The Kier molecular flexibility index (Phi) is 4.67. The molecule has 2 nitrogen and oxygen atoms in total. The topological polar surface area (TPSA) is 21.3 Å². The lowest BCUT2D eigenvalue weighted by Crippen LogP contribution is -2.21. The van der Waals surface area contributed by atoms with Crippen LogP contribution in [0.2, 0.25) is 4.34 Å². The minimum absolute atomic E-state index is 0.344. The third-order valence-corrected chi connectivity index (χ3v) is 5.47. The van der Waals surface area contributed by atoms with Crippen LogP contribution < -0.4 is 5.32 Å². The van der Waals surface area contributed by atoms with E-state index in [4.69, 9.17) is 16.3 Å². The zero-order valence-corrected chi connectivity index (χ0v) is 12.3. The fraction of sp³-hybridized carbons (Fsp3) is 0.636. The van der Waals surface area contributed by atoms with E-state index in [0.29, 0.717) is 12.1 Å². The zero-order chi connectivity index (χ0) is 11.5. The van der Waals surface area contributed by atoms with Crippen molar-refractivity contribution < 1.29 is 4.74 Å². The fourth-order valence-corrected chi connectivity index (χ4v) is 3.86. The van der Waals surface area contributed by atoms with Gasteiger partial charge in [0.2, 0.25) is 0 Å². The van der Waals surface area contributed by atoms with Crippen LogP contribution in [0.4, 0.5) is 0 Å². The molecule has 0 spiro atoms. The number of ether oxygens (including phenoxy) is 1. The Balaban J connectivity index is 2.03. The summed E-state index contributed by atoms with van der Waals surface area (Å²) in [6.07, 6.45) is 3.80. The number of hydrogen-bond acceptors (Lipinski definition) is 3. The van der Waals surface area contributed by atoms with Crippen LogP contribution in [-0.2, 0) is 4.74 Å². The lowest BCUT2D eigenvalue weighted by molar-refractivity contribution is 0.0957. The highest BCUT2D eigenvalue weighted by atomic mass is 79.9. The normalized spacial score (nSPS) is 22.6. The number of hydrogen-bond donors (Lipinski definition) is 1. The molecule has 2 heterocycles. The van der Waals surface area contributed by atoms with E-state index in [1.807, 2.05) is 7.05 Å². The summed E-state index contributed by atoms with van der Waals surface area (Å²) >= 11 is 11.1. The maximum Gasteiger partial charge on any atom is 0.107 e. The fourth-order valence-electron chi connectivity index (χ4n) is 2.00. The quantitative estimate of drug-likeness (QED) is 0.904. The summed E-state index contributed by atoms with van der Waals surface area (Å²) in [5.41, 5.74) is 0. The van der Waals surface area contributed by atoms with Gasteiger partial charge in [-0.3, -0.25) is 0 Å². The average Bonchev–Trinajstić information content (AvgIpc) is 2.86. The number of thiophene rings is 1. The molecule has 2 atom stereocenters. The molecule has 1 aromatic rings. The van der Waals surface area contributed by atoms with E-state index >= 15 is 0 Å². The van der Waals surface area contributed by atoms with Crippen molar-refractivity contribution >= 4 is 38.9 Å². The Morgan fingerprint density at radius 3 is 3.06 bits per heavy atom. The first kappa shape index (κ1) is 12.8. The molecule has 1 aromatic heterocycles. The van der Waals surface area contributed by atoms with E-state index in [2.05, 4.69) is 27.3 Å². The van der Waals surface area contributed by atoms with Gasteiger partial charge in [0.1, 0.15) is 4.34 Å². The van der Waals surface area contributed by atoms with Crippen molar-refractivity contribution in [2.75, 3.05) is 13.7 Å². The molecule has 0 amide bonds. The van der Waals surface area contributed by atoms with Gasteiger partial charge in [-0.2, -0.15) is 0 Å². The van der Waals surface area contributed by atoms with Gasteiger partial charge in [-0.1, -0.05) is 11.6 Å². The van der Waals surface area contributed by atoms with Gasteiger partial charge in [-0.15, -0.1) is 11.3 Å². The number of halogens is 2. The van der Waals surface area contributed by atoms with Gasteiger partial charge in [0.05, 0.1) is 6.10 Å². The maximum atomic E-state index is 6.06. The van der Waals surface area contributed by atoms with Crippen molar-refractivity contribution in [1.29, 1.82) is 0 Å². The van der Waals surface area contributed by atoms with Crippen LogP contribution >= 0.6 is 38.9 Å². The van der Waals surface area contributed by atoms with Crippen molar-refractivity contribution in [3.05, 3.63) is 19.8 Å². The first-order valence-corrected chi connectivity index (χ1v) is 7.43. The summed E-state index contributed by atoms with van der Waals surface area (Å²) in [5, 5.41) is 3.34. The summed E-state index contributed by atoms with van der Waals surface area (Å²) in [7, 11) is 1.99. The predicted molar refractivity (Wildman–Crippen MR) is 72.4 cm³/mol. The van der Waals surface area contributed by atoms with E-state index in [1.165, 1.54) is 17.7 Å². The molecule has 90 valence electrons. The molecule has 2 unspecified atom stereocenters. The summed E-state index contributed by atoms with van der Waals surface area (Å²) in [6, 6.07) is 2.44. The van der Waals surface area contributed by atoms with Crippen LogP contribution in [0.1, 0.15) is 30.2 Å². The molecule has 1 aliphatic rings. The molecule has 5 heteroatoms. The third-order valence-electron chi connectivity index (χ3n) is 2.88. The lowest BCUT2D eigenvalue weighted by atomic mass is 10.1. The molecule has 0 bridgehead atoms. The molecule has 0 aromatic carbocycles. The minimum Gasteiger partial charge on any atom is -0.378 e. The molecule has 2 rings (SSSR count). The van der Waals surface area contributed by atoms with E-state index in [-0.39, 0.29) is 0 Å². The van der Waals surface area contributed by atoms with Gasteiger partial charge in [0.25, 0.3) is 0 Å². The zero-order valence-electron chi connectivity index (χ0n) is 9.13. The van der Waals surface area contributed by atoms with Crippen LogP contribution in [0.5, 0.6) is 0 Å². The second kappa shape index (κ2) is 5.83. The van der Waals surface area contributed by atoms with E-state index in [0.717, 1.165) is 21.8 Å². The van der Waals surface area contributed by atoms with Crippen molar-refractivity contribution in [3.8, 4) is 0 Å². The van der Waals surface area contributed by atoms with Gasteiger partial charge >= 0.3 is 0 Å². The largest absolute Gasteiger partial charge is 0.378 e. The maximum absolute atomic E-state index is 6.06. The third kappa shape index (κ3) is 2.99. The molecular formula is C11H15BrClNOS. The molecule has 0 aliphatic carbocycles. The Hall–Kier alpha value is 0.390. The van der Waals surface area contributed by atoms with Crippen LogP contribution in [0.25, 0.3) is 0 Å². The first-order valence-electron chi connectivity index (χ1n) is 5.44. The lowest BCUT2D eigenvalue weighted by Gasteiger charge is -2.18. The van der Waals surface area contributed by atoms with Crippen molar-refractivity contribution in [2.24, 2.45) is 0 Å². The molecular weight excluding hydrogens is 310 g/mol. The molecule has 16 heavy (non-hydrogen) atoms. The second-order valence-corrected chi connectivity index (χ2v) is 6.52. The highest BCUT2D eigenvalue weighted by Gasteiger charge is 2.22. The first-order chi connectivity index (χ1) is 7.70. The Labute approximate surface area is 113 Å². The minimum atomic E-state index is 0.344. The molecule has 0 radical (unpaired) electrons. The predicted octanol–water partition coefficient (Wildman–Crippen LogP) is 3.99.